The molecule has 2 N–H and O–H groups in total. The lowest BCUT2D eigenvalue weighted by Gasteiger charge is -2.36. The van der Waals surface area contributed by atoms with Crippen LogP contribution in [0.5, 0.6) is 5.75 Å². The molecule has 1 aliphatic carbocycles. The number of imide groups is 1. The third-order valence-electron chi connectivity index (χ3n) is 6.72. The van der Waals surface area contributed by atoms with Gasteiger partial charge in [0.15, 0.2) is 0 Å². The molecular weight excluding hydrogens is 396 g/mol. The molecule has 31 heavy (non-hydrogen) atoms. The Morgan fingerprint density at radius 3 is 2.71 bits per heavy atom. The summed E-state index contributed by atoms with van der Waals surface area (Å²) in [6.07, 6.45) is 5.59. The van der Waals surface area contributed by atoms with Crippen LogP contribution in [-0.4, -0.2) is 53.5 Å². The van der Waals surface area contributed by atoms with Gasteiger partial charge >= 0.3 is 0 Å². The van der Waals surface area contributed by atoms with Gasteiger partial charge in [-0.15, -0.1) is 0 Å². The highest BCUT2D eigenvalue weighted by molar-refractivity contribution is 6.00. The summed E-state index contributed by atoms with van der Waals surface area (Å²) < 4.78 is 14.2. The Morgan fingerprint density at radius 2 is 1.94 bits per heavy atom. The van der Waals surface area contributed by atoms with Crippen LogP contribution in [-0.2, 0) is 14.3 Å². The molecule has 2 aliphatic heterocycles. The summed E-state index contributed by atoms with van der Waals surface area (Å²) in [7, 11) is 0. The van der Waals surface area contributed by atoms with Crippen molar-refractivity contribution in [2.75, 3.05) is 19.7 Å². The Kier molecular flexibility index (Phi) is 5.67. The first-order valence-corrected chi connectivity index (χ1v) is 11.4. The van der Waals surface area contributed by atoms with Gasteiger partial charge in [0, 0.05) is 6.42 Å². The van der Waals surface area contributed by atoms with Crippen molar-refractivity contribution >= 4 is 22.7 Å². The minimum atomic E-state index is -0.468. The average molecular weight is 427 g/mol. The Morgan fingerprint density at radius 1 is 1.13 bits per heavy atom. The largest absolute Gasteiger partial charge is 0.490 e. The van der Waals surface area contributed by atoms with Gasteiger partial charge in [-0.25, -0.2) is 0 Å². The summed E-state index contributed by atoms with van der Waals surface area (Å²) in [6.45, 7) is 4.86. The summed E-state index contributed by atoms with van der Waals surface area (Å²) in [6, 6.07) is 5.41. The van der Waals surface area contributed by atoms with Crippen LogP contribution in [0.3, 0.4) is 0 Å². The molecule has 2 saturated heterocycles. The number of rotatable bonds is 6. The van der Waals surface area contributed by atoms with Crippen molar-refractivity contribution in [3.8, 4) is 5.75 Å². The molecule has 8 nitrogen and oxygen atoms in total. The van der Waals surface area contributed by atoms with E-state index in [1.165, 1.54) is 0 Å². The number of nitrogens with one attached hydrogen (secondary N) is 2. The molecule has 166 valence electrons. The molecule has 1 saturated carbocycles. The monoisotopic (exact) mass is 426 g/mol. The van der Waals surface area contributed by atoms with Gasteiger partial charge in [0.25, 0.3) is 5.91 Å². The predicted molar refractivity (Wildman–Crippen MR) is 115 cm³/mol. The van der Waals surface area contributed by atoms with E-state index >= 15 is 0 Å². The number of fused-ring (bicyclic) bond motifs is 1. The topological polar surface area (TPSA) is 94.5 Å². The zero-order chi connectivity index (χ0) is 21.4. The first-order valence-electron chi connectivity index (χ1n) is 11.4. The Labute approximate surface area is 181 Å². The van der Waals surface area contributed by atoms with E-state index < -0.39 is 6.04 Å². The van der Waals surface area contributed by atoms with Crippen molar-refractivity contribution in [2.45, 2.75) is 63.7 Å². The number of ether oxygens (including phenoxy) is 2. The van der Waals surface area contributed by atoms with E-state index in [0.29, 0.717) is 24.9 Å². The number of aromatic nitrogens is 2. The van der Waals surface area contributed by atoms with Gasteiger partial charge in [0.2, 0.25) is 5.91 Å². The lowest BCUT2D eigenvalue weighted by atomic mass is 9.83. The summed E-state index contributed by atoms with van der Waals surface area (Å²) in [5.41, 5.74) is 1.70. The van der Waals surface area contributed by atoms with E-state index in [1.807, 2.05) is 25.1 Å². The molecule has 1 aromatic heterocycles. The van der Waals surface area contributed by atoms with Crippen LogP contribution in [0.1, 0.15) is 50.3 Å². The summed E-state index contributed by atoms with van der Waals surface area (Å²) >= 11 is 0. The van der Waals surface area contributed by atoms with Gasteiger partial charge in [-0.2, -0.15) is 5.10 Å². The van der Waals surface area contributed by atoms with Crippen LogP contribution in [0, 0.1) is 12.8 Å². The maximum atomic E-state index is 12.3. The molecule has 2 aromatic rings. The lowest BCUT2D eigenvalue weighted by molar-refractivity contribution is -0.135. The van der Waals surface area contributed by atoms with Crippen molar-refractivity contribution in [1.82, 2.24) is 20.4 Å². The van der Waals surface area contributed by atoms with E-state index in [4.69, 9.17) is 9.47 Å². The second kappa shape index (κ2) is 8.59. The van der Waals surface area contributed by atoms with Crippen molar-refractivity contribution in [1.29, 1.82) is 0 Å². The third kappa shape index (κ3) is 4.19. The van der Waals surface area contributed by atoms with Gasteiger partial charge in [-0.3, -0.25) is 19.6 Å². The van der Waals surface area contributed by atoms with Crippen LogP contribution in [0.2, 0.25) is 0 Å². The van der Waals surface area contributed by atoms with Crippen LogP contribution in [0.4, 0.5) is 0 Å². The fourth-order valence-electron chi connectivity index (χ4n) is 4.91. The van der Waals surface area contributed by atoms with E-state index in [2.05, 4.69) is 15.7 Å². The van der Waals surface area contributed by atoms with Gasteiger partial charge in [0.1, 0.15) is 11.8 Å². The molecule has 8 heteroatoms. The second-order valence-corrected chi connectivity index (χ2v) is 9.01. The maximum absolute atomic E-state index is 12.3. The number of piperidine rings is 2. The number of nitrogens with zero attached hydrogens (tertiary/aromatic N) is 2. The smallest absolute Gasteiger partial charge is 0.251 e. The number of benzene rings is 1. The minimum Gasteiger partial charge on any atom is -0.490 e. The molecule has 3 aliphatic rings. The number of hydrogen-bond donors (Lipinski definition) is 2. The molecule has 0 spiro atoms. The number of aryl methyl sites for hydroxylation is 1. The first-order chi connectivity index (χ1) is 15.1. The van der Waals surface area contributed by atoms with Gasteiger partial charge in [-0.05, 0) is 70.2 Å². The predicted octanol–water partition coefficient (Wildman–Crippen LogP) is 2.25. The van der Waals surface area contributed by atoms with Crippen LogP contribution < -0.4 is 15.4 Å². The quantitative estimate of drug-likeness (QED) is 0.688. The molecule has 5 rings (SSSR count). The molecule has 1 aromatic carbocycles. The summed E-state index contributed by atoms with van der Waals surface area (Å²) in [5.74, 6) is 0.868. The summed E-state index contributed by atoms with van der Waals surface area (Å²) in [5, 5.41) is 11.4. The maximum Gasteiger partial charge on any atom is 0.251 e. The molecular formula is C23H30N4O4. The van der Waals surface area contributed by atoms with E-state index in [1.54, 1.807) is 4.68 Å². The number of hydrogen-bond acceptors (Lipinski definition) is 6. The van der Waals surface area contributed by atoms with Crippen LogP contribution in [0.15, 0.2) is 18.2 Å². The Hall–Kier alpha value is -2.45. The molecule has 1 unspecified atom stereocenters. The standard InChI is InChI=1S/C23H30N4O4/c1-14-22-18(27(26-14)19-5-6-21(28)25-23(19)29)3-2-4-20(22)31-17-11-15(12-17)13-30-16-7-9-24-10-8-16/h2-4,15-17,19,24H,5-13H2,1H3,(H,25,28,29). The molecule has 0 bridgehead atoms. The van der Waals surface area contributed by atoms with Crippen molar-refractivity contribution in [2.24, 2.45) is 5.92 Å². The number of amides is 2. The van der Waals surface area contributed by atoms with E-state index in [0.717, 1.165) is 67.7 Å². The van der Waals surface area contributed by atoms with E-state index in [-0.39, 0.29) is 17.9 Å². The molecule has 3 heterocycles. The Bertz CT molecular complexity index is 975. The van der Waals surface area contributed by atoms with Crippen LogP contribution >= 0.6 is 0 Å². The fraction of sp³-hybridized carbons (Fsp3) is 0.609. The number of carbonyl (C=O) groups is 2. The third-order valence-corrected chi connectivity index (χ3v) is 6.72. The summed E-state index contributed by atoms with van der Waals surface area (Å²) in [4.78, 5) is 23.9. The van der Waals surface area contributed by atoms with Gasteiger partial charge < -0.3 is 14.8 Å². The zero-order valence-corrected chi connectivity index (χ0v) is 17.9. The molecule has 0 radical (unpaired) electrons. The lowest BCUT2D eigenvalue weighted by Crippen LogP contribution is -2.42. The van der Waals surface area contributed by atoms with Crippen molar-refractivity contribution in [3.63, 3.8) is 0 Å². The van der Waals surface area contributed by atoms with Gasteiger partial charge in [-0.1, -0.05) is 6.07 Å². The highest BCUT2D eigenvalue weighted by atomic mass is 16.5. The Balaban J connectivity index is 1.24. The highest BCUT2D eigenvalue weighted by Crippen LogP contribution is 2.37. The normalized spacial score (nSPS) is 27.2. The second-order valence-electron chi connectivity index (χ2n) is 9.01. The fourth-order valence-corrected chi connectivity index (χ4v) is 4.91. The number of carbonyl (C=O) groups excluding carboxylic acids is 2. The zero-order valence-electron chi connectivity index (χ0n) is 17.9. The SMILES string of the molecule is Cc1nn(C2CCC(=O)NC2=O)c2cccc(OC3CC(COC4CCNCC4)C3)c12. The van der Waals surface area contributed by atoms with Crippen molar-refractivity contribution in [3.05, 3.63) is 23.9 Å². The first kappa shape index (κ1) is 20.5. The van der Waals surface area contributed by atoms with Crippen LogP contribution in [0.25, 0.3) is 10.9 Å². The van der Waals surface area contributed by atoms with Crippen molar-refractivity contribution < 1.29 is 19.1 Å². The van der Waals surface area contributed by atoms with Gasteiger partial charge in [0.05, 0.1) is 35.4 Å². The molecule has 1 atom stereocenters. The molecule has 2 amide bonds. The molecule has 3 fully saturated rings. The highest BCUT2D eigenvalue weighted by Gasteiger charge is 2.34. The van der Waals surface area contributed by atoms with E-state index in [9.17, 15) is 9.59 Å². The minimum absolute atomic E-state index is 0.186. The average Bonchev–Trinajstić information content (AvgIpc) is 3.07.